The van der Waals surface area contributed by atoms with Gasteiger partial charge in [0.2, 0.25) is 5.91 Å². The van der Waals surface area contributed by atoms with Gasteiger partial charge in [0.15, 0.2) is 0 Å². The molecule has 324 valence electrons. The van der Waals surface area contributed by atoms with Crippen LogP contribution in [0.25, 0.3) is 0 Å². The van der Waals surface area contributed by atoms with E-state index in [0.29, 0.717) is 19.3 Å². The van der Waals surface area contributed by atoms with Crippen LogP contribution in [0.2, 0.25) is 0 Å². The third-order valence-corrected chi connectivity index (χ3v) is 9.72. The number of amides is 1. The molecule has 0 bridgehead atoms. The fourth-order valence-electron chi connectivity index (χ4n) is 6.27. The molecule has 0 heterocycles. The van der Waals surface area contributed by atoms with Crippen molar-refractivity contribution in [2.75, 3.05) is 6.61 Å². The van der Waals surface area contributed by atoms with Crippen LogP contribution < -0.4 is 5.32 Å². The Bertz CT molecular complexity index is 1160. The average Bonchev–Trinajstić information content (AvgIpc) is 3.20. The van der Waals surface area contributed by atoms with Crippen molar-refractivity contribution in [3.63, 3.8) is 0 Å². The Kier molecular flexibility index (Phi) is 41.4. The molecule has 3 N–H and O–H groups in total. The maximum atomic E-state index is 13.1. The Balaban J connectivity index is 4.83. The summed E-state index contributed by atoms with van der Waals surface area (Å²) in [6.07, 6.45) is 57.7. The number of hydrogen-bond acceptors (Lipinski definition) is 5. The van der Waals surface area contributed by atoms with E-state index in [9.17, 15) is 19.8 Å². The standard InChI is InChI=1S/C51H85NO5/c1-4-7-10-13-16-19-22-24-25-27-28-30-33-36-39-42-47(57-51(56)44-41-38-35-32-29-26-23-20-17-14-11-8-5-2)45-50(55)52-48(46-53)49(54)43-40-37-34-31-21-18-15-12-9-6-3/h7-8,10-11,14,16-17,19-20,23-25,28,30,36,39,47-49,53-54H,4-6,9,12-13,15,18,21-22,26-27,29,31-35,37-38,40-46H2,1-3H3,(H,52,55)/b10-7-,11-8+,17-14+,19-16-,23-20-,25-24-,30-28-,39-36-. The number of unbranched alkanes of at least 4 members (excludes halogenated alkanes) is 14. The lowest BCUT2D eigenvalue weighted by molar-refractivity contribution is -0.150. The highest BCUT2D eigenvalue weighted by Crippen LogP contribution is 2.15. The third kappa shape index (κ3) is 39.4. The minimum Gasteiger partial charge on any atom is -0.461 e. The van der Waals surface area contributed by atoms with E-state index in [1.807, 2.05) is 12.2 Å². The third-order valence-electron chi connectivity index (χ3n) is 9.72. The molecule has 57 heavy (non-hydrogen) atoms. The summed E-state index contributed by atoms with van der Waals surface area (Å²) in [6, 6.07) is -0.740. The number of esters is 1. The summed E-state index contributed by atoms with van der Waals surface area (Å²) < 4.78 is 5.83. The average molecular weight is 792 g/mol. The molecule has 3 unspecified atom stereocenters. The Morgan fingerprint density at radius 1 is 0.561 bits per heavy atom. The van der Waals surface area contributed by atoms with Crippen LogP contribution >= 0.6 is 0 Å². The van der Waals surface area contributed by atoms with Crippen LogP contribution in [0.3, 0.4) is 0 Å². The normalized spacial score (nSPS) is 14.3. The molecule has 0 spiro atoms. The molecule has 6 heteroatoms. The molecule has 0 fully saturated rings. The Morgan fingerprint density at radius 3 is 1.61 bits per heavy atom. The molecular weight excluding hydrogens is 707 g/mol. The quantitative estimate of drug-likeness (QED) is 0.0249. The van der Waals surface area contributed by atoms with Crippen molar-refractivity contribution in [1.82, 2.24) is 5.32 Å². The molecule has 0 rings (SSSR count). The molecule has 0 saturated heterocycles. The lowest BCUT2D eigenvalue weighted by Gasteiger charge is -2.24. The second-order valence-electron chi connectivity index (χ2n) is 15.1. The lowest BCUT2D eigenvalue weighted by Crippen LogP contribution is -2.46. The molecule has 1 amide bonds. The number of nitrogens with one attached hydrogen (secondary N) is 1. The maximum Gasteiger partial charge on any atom is 0.306 e. The largest absolute Gasteiger partial charge is 0.461 e. The van der Waals surface area contributed by atoms with E-state index in [4.69, 9.17) is 4.74 Å². The highest BCUT2D eigenvalue weighted by atomic mass is 16.5. The summed E-state index contributed by atoms with van der Waals surface area (Å²) in [5.74, 6) is -0.616. The van der Waals surface area contributed by atoms with E-state index < -0.39 is 18.2 Å². The molecule has 0 aliphatic rings. The van der Waals surface area contributed by atoms with E-state index in [2.05, 4.69) is 111 Å². The van der Waals surface area contributed by atoms with Gasteiger partial charge < -0.3 is 20.3 Å². The van der Waals surface area contributed by atoms with Crippen LogP contribution in [-0.4, -0.2) is 46.9 Å². The van der Waals surface area contributed by atoms with Crippen molar-refractivity contribution in [2.24, 2.45) is 0 Å². The molecule has 0 aliphatic carbocycles. The summed E-state index contributed by atoms with van der Waals surface area (Å²) in [7, 11) is 0. The Morgan fingerprint density at radius 2 is 1.05 bits per heavy atom. The number of ether oxygens (including phenoxy) is 1. The van der Waals surface area contributed by atoms with Gasteiger partial charge in [0.25, 0.3) is 0 Å². The predicted octanol–water partition coefficient (Wildman–Crippen LogP) is 13.4. The summed E-state index contributed by atoms with van der Waals surface area (Å²) in [5, 5.41) is 23.6. The van der Waals surface area contributed by atoms with E-state index in [-0.39, 0.29) is 24.9 Å². The molecule has 0 saturated carbocycles. The van der Waals surface area contributed by atoms with Crippen LogP contribution in [0.15, 0.2) is 97.2 Å². The first-order chi connectivity index (χ1) is 28.0. The lowest BCUT2D eigenvalue weighted by atomic mass is 10.0. The number of aliphatic hydroxyl groups is 2. The van der Waals surface area contributed by atoms with Crippen molar-refractivity contribution in [2.45, 2.75) is 206 Å². The van der Waals surface area contributed by atoms with E-state index in [0.717, 1.165) is 96.3 Å². The molecule has 0 radical (unpaired) electrons. The first-order valence-electron chi connectivity index (χ1n) is 23.0. The van der Waals surface area contributed by atoms with Crippen LogP contribution in [0.4, 0.5) is 0 Å². The number of allylic oxidation sites excluding steroid dienone is 15. The smallest absolute Gasteiger partial charge is 0.306 e. The Labute approximate surface area is 350 Å². The van der Waals surface area contributed by atoms with Gasteiger partial charge in [-0.2, -0.15) is 0 Å². The van der Waals surface area contributed by atoms with Gasteiger partial charge in [-0.1, -0.05) is 201 Å². The number of carbonyl (C=O) groups excluding carboxylic acids is 2. The first-order valence-corrected chi connectivity index (χ1v) is 23.0. The van der Waals surface area contributed by atoms with Crippen molar-refractivity contribution in [3.8, 4) is 0 Å². The fourth-order valence-corrected chi connectivity index (χ4v) is 6.27. The molecule has 0 aromatic heterocycles. The monoisotopic (exact) mass is 792 g/mol. The second-order valence-corrected chi connectivity index (χ2v) is 15.1. The van der Waals surface area contributed by atoms with Crippen LogP contribution in [0.1, 0.15) is 188 Å². The van der Waals surface area contributed by atoms with E-state index in [1.54, 1.807) is 0 Å². The highest BCUT2D eigenvalue weighted by molar-refractivity contribution is 5.77. The van der Waals surface area contributed by atoms with Crippen LogP contribution in [-0.2, 0) is 14.3 Å². The zero-order valence-electron chi connectivity index (χ0n) is 36.7. The summed E-state index contributed by atoms with van der Waals surface area (Å²) in [4.78, 5) is 26.0. The van der Waals surface area contributed by atoms with Crippen LogP contribution in [0, 0.1) is 0 Å². The zero-order chi connectivity index (χ0) is 41.7. The topological polar surface area (TPSA) is 95.9 Å². The van der Waals surface area contributed by atoms with Crippen molar-refractivity contribution >= 4 is 11.9 Å². The molecular formula is C51H85NO5. The SMILES string of the molecule is CC/C=C\C/C=C\C/C=C\C/C=C\C/C=C\CC(CC(=O)NC(CO)C(O)CCCCCCCCCCCC)OC(=O)CCCCCCC\C=C/C=C/C=C/CC. The van der Waals surface area contributed by atoms with Gasteiger partial charge in [0, 0.05) is 12.8 Å². The van der Waals surface area contributed by atoms with Gasteiger partial charge in [-0.15, -0.1) is 0 Å². The highest BCUT2D eigenvalue weighted by Gasteiger charge is 2.23. The molecule has 6 nitrogen and oxygen atoms in total. The van der Waals surface area contributed by atoms with Crippen molar-refractivity contribution < 1.29 is 24.5 Å². The molecule has 0 aromatic rings. The van der Waals surface area contributed by atoms with Gasteiger partial charge in [-0.25, -0.2) is 0 Å². The summed E-state index contributed by atoms with van der Waals surface area (Å²) >= 11 is 0. The molecule has 0 aliphatic heterocycles. The summed E-state index contributed by atoms with van der Waals surface area (Å²) in [6.45, 7) is 6.16. The van der Waals surface area contributed by atoms with Crippen molar-refractivity contribution in [1.29, 1.82) is 0 Å². The number of aliphatic hydroxyl groups excluding tert-OH is 2. The molecule has 3 atom stereocenters. The van der Waals surface area contributed by atoms with Crippen molar-refractivity contribution in [3.05, 3.63) is 97.2 Å². The van der Waals surface area contributed by atoms with Gasteiger partial charge in [0.05, 0.1) is 25.2 Å². The minimum atomic E-state index is -0.819. The van der Waals surface area contributed by atoms with Gasteiger partial charge in [0.1, 0.15) is 6.10 Å². The first kappa shape index (κ1) is 53.8. The van der Waals surface area contributed by atoms with E-state index in [1.165, 1.54) is 44.9 Å². The molecule has 0 aromatic carbocycles. The van der Waals surface area contributed by atoms with Crippen LogP contribution in [0.5, 0.6) is 0 Å². The maximum absolute atomic E-state index is 13.1. The second kappa shape index (κ2) is 43.9. The number of hydrogen-bond donors (Lipinski definition) is 3. The fraction of sp³-hybridized carbons (Fsp3) is 0.647. The Hall–Kier alpha value is -3.22. The number of rotatable bonds is 39. The summed E-state index contributed by atoms with van der Waals surface area (Å²) in [5.41, 5.74) is 0. The predicted molar refractivity (Wildman–Crippen MR) is 245 cm³/mol. The van der Waals surface area contributed by atoms with Gasteiger partial charge >= 0.3 is 5.97 Å². The van der Waals surface area contributed by atoms with E-state index >= 15 is 0 Å². The number of carbonyl (C=O) groups is 2. The minimum absolute atomic E-state index is 0.0148. The van der Waals surface area contributed by atoms with Gasteiger partial charge in [-0.3, -0.25) is 9.59 Å². The van der Waals surface area contributed by atoms with Gasteiger partial charge in [-0.05, 0) is 64.2 Å². The zero-order valence-corrected chi connectivity index (χ0v) is 36.7.